The van der Waals surface area contributed by atoms with Crippen LogP contribution in [0.4, 0.5) is 11.5 Å². The van der Waals surface area contributed by atoms with Crippen molar-refractivity contribution in [1.29, 1.82) is 0 Å². The molecule has 0 aliphatic rings. The number of ether oxygens (including phenoxy) is 1. The van der Waals surface area contributed by atoms with E-state index in [0.29, 0.717) is 36.5 Å². The second kappa shape index (κ2) is 7.57. The number of pyridine rings is 1. The van der Waals surface area contributed by atoms with E-state index in [2.05, 4.69) is 24.1 Å². The first-order valence-corrected chi connectivity index (χ1v) is 6.81. The van der Waals surface area contributed by atoms with Crippen molar-refractivity contribution < 1.29 is 9.53 Å². The maximum absolute atomic E-state index is 11.7. The summed E-state index contributed by atoms with van der Waals surface area (Å²) >= 11 is 0. The molecule has 0 spiro atoms. The molecular formula is C14H24N4O2. The number of hydrogen-bond donors (Lipinski definition) is 2. The zero-order chi connectivity index (χ0) is 15.1. The van der Waals surface area contributed by atoms with Gasteiger partial charge < -0.3 is 20.7 Å². The molecule has 0 atom stereocenters. The SMILES string of the molecule is CCN(C)C(=O)CNc1ccc(N)c(OCC(C)C)n1. The van der Waals surface area contributed by atoms with Crippen LogP contribution in [0.2, 0.25) is 0 Å². The van der Waals surface area contributed by atoms with E-state index in [9.17, 15) is 4.79 Å². The third-order valence-corrected chi connectivity index (χ3v) is 2.76. The Balaban J connectivity index is 2.63. The van der Waals surface area contributed by atoms with Crippen LogP contribution in [0.3, 0.4) is 0 Å². The van der Waals surface area contributed by atoms with Crippen LogP contribution in [0.25, 0.3) is 0 Å². The number of nitrogens with zero attached hydrogens (tertiary/aromatic N) is 2. The maximum atomic E-state index is 11.7. The van der Waals surface area contributed by atoms with Crippen LogP contribution < -0.4 is 15.8 Å². The summed E-state index contributed by atoms with van der Waals surface area (Å²) in [4.78, 5) is 17.6. The van der Waals surface area contributed by atoms with Gasteiger partial charge in [-0.25, -0.2) is 0 Å². The minimum Gasteiger partial charge on any atom is -0.476 e. The molecule has 1 amide bonds. The number of anilines is 2. The van der Waals surface area contributed by atoms with E-state index in [-0.39, 0.29) is 12.5 Å². The molecule has 1 rings (SSSR count). The van der Waals surface area contributed by atoms with Gasteiger partial charge in [0.25, 0.3) is 0 Å². The van der Waals surface area contributed by atoms with E-state index in [1.54, 1.807) is 24.1 Å². The van der Waals surface area contributed by atoms with Crippen LogP contribution in [0.1, 0.15) is 20.8 Å². The van der Waals surface area contributed by atoms with Crippen molar-refractivity contribution >= 4 is 17.4 Å². The van der Waals surface area contributed by atoms with Crippen LogP contribution in [0.15, 0.2) is 12.1 Å². The molecule has 112 valence electrons. The van der Waals surface area contributed by atoms with Gasteiger partial charge in [0, 0.05) is 13.6 Å². The van der Waals surface area contributed by atoms with Crippen molar-refractivity contribution in [3.05, 3.63) is 12.1 Å². The highest BCUT2D eigenvalue weighted by Crippen LogP contribution is 2.21. The van der Waals surface area contributed by atoms with Crippen LogP contribution in [-0.2, 0) is 4.79 Å². The molecule has 1 aromatic heterocycles. The molecule has 0 radical (unpaired) electrons. The van der Waals surface area contributed by atoms with Gasteiger partial charge >= 0.3 is 0 Å². The largest absolute Gasteiger partial charge is 0.476 e. The van der Waals surface area contributed by atoms with E-state index in [1.807, 2.05) is 6.92 Å². The first kappa shape index (κ1) is 16.1. The van der Waals surface area contributed by atoms with Crippen LogP contribution in [0.5, 0.6) is 5.88 Å². The standard InChI is InChI=1S/C14H24N4O2/c1-5-18(4)13(19)8-16-12-7-6-11(15)14(17-12)20-9-10(2)3/h6-7,10H,5,8-9,15H2,1-4H3,(H,16,17). The predicted octanol–water partition coefficient (Wildman–Crippen LogP) is 1.59. The highest BCUT2D eigenvalue weighted by molar-refractivity contribution is 5.80. The van der Waals surface area contributed by atoms with Gasteiger partial charge in [-0.15, -0.1) is 0 Å². The number of rotatable bonds is 7. The molecule has 3 N–H and O–H groups in total. The summed E-state index contributed by atoms with van der Waals surface area (Å²) in [6, 6.07) is 3.45. The Morgan fingerprint density at radius 2 is 2.20 bits per heavy atom. The Morgan fingerprint density at radius 3 is 2.80 bits per heavy atom. The Labute approximate surface area is 120 Å². The second-order valence-corrected chi connectivity index (χ2v) is 5.06. The van der Waals surface area contributed by atoms with E-state index >= 15 is 0 Å². The monoisotopic (exact) mass is 280 g/mol. The van der Waals surface area contributed by atoms with Crippen molar-refractivity contribution in [3.63, 3.8) is 0 Å². The number of aromatic nitrogens is 1. The highest BCUT2D eigenvalue weighted by atomic mass is 16.5. The number of nitrogen functional groups attached to an aromatic ring is 1. The van der Waals surface area contributed by atoms with Gasteiger partial charge in [0.05, 0.1) is 18.8 Å². The zero-order valence-electron chi connectivity index (χ0n) is 12.6. The minimum absolute atomic E-state index is 0.00998. The topological polar surface area (TPSA) is 80.5 Å². The molecular weight excluding hydrogens is 256 g/mol. The maximum Gasteiger partial charge on any atom is 0.241 e. The van der Waals surface area contributed by atoms with Gasteiger partial charge in [0.15, 0.2) is 0 Å². The van der Waals surface area contributed by atoms with Gasteiger partial charge in [-0.1, -0.05) is 13.8 Å². The number of carbonyl (C=O) groups is 1. The average molecular weight is 280 g/mol. The summed E-state index contributed by atoms with van der Waals surface area (Å²) in [6.45, 7) is 7.47. The highest BCUT2D eigenvalue weighted by Gasteiger charge is 2.09. The Morgan fingerprint density at radius 1 is 1.50 bits per heavy atom. The molecule has 6 heteroatoms. The lowest BCUT2D eigenvalue weighted by Crippen LogP contribution is -2.32. The first-order chi connectivity index (χ1) is 9.43. The minimum atomic E-state index is 0.00998. The van der Waals surface area contributed by atoms with Crippen molar-refractivity contribution in [2.75, 3.05) is 37.8 Å². The zero-order valence-corrected chi connectivity index (χ0v) is 12.6. The summed E-state index contributed by atoms with van der Waals surface area (Å²) in [5.74, 6) is 1.39. The fourth-order valence-corrected chi connectivity index (χ4v) is 1.39. The molecule has 1 aromatic rings. The van der Waals surface area contributed by atoms with Gasteiger partial charge in [-0.05, 0) is 25.0 Å². The average Bonchev–Trinajstić information content (AvgIpc) is 2.43. The van der Waals surface area contributed by atoms with Crippen molar-refractivity contribution in [2.45, 2.75) is 20.8 Å². The lowest BCUT2D eigenvalue weighted by molar-refractivity contribution is -0.127. The summed E-state index contributed by atoms with van der Waals surface area (Å²) < 4.78 is 5.54. The summed E-state index contributed by atoms with van der Waals surface area (Å²) in [7, 11) is 1.76. The smallest absolute Gasteiger partial charge is 0.241 e. The van der Waals surface area contributed by atoms with Crippen LogP contribution >= 0.6 is 0 Å². The number of hydrogen-bond acceptors (Lipinski definition) is 5. The fraction of sp³-hybridized carbons (Fsp3) is 0.571. The fourth-order valence-electron chi connectivity index (χ4n) is 1.39. The summed E-state index contributed by atoms with van der Waals surface area (Å²) in [6.07, 6.45) is 0. The number of carbonyl (C=O) groups excluding carboxylic acids is 1. The normalized spacial score (nSPS) is 10.4. The van der Waals surface area contributed by atoms with E-state index in [4.69, 9.17) is 10.5 Å². The molecule has 0 unspecified atom stereocenters. The van der Waals surface area contributed by atoms with Gasteiger partial charge in [0.2, 0.25) is 11.8 Å². The molecule has 0 aliphatic heterocycles. The molecule has 0 saturated heterocycles. The van der Waals surface area contributed by atoms with Gasteiger partial charge in [-0.2, -0.15) is 4.98 Å². The summed E-state index contributed by atoms with van der Waals surface area (Å²) in [5.41, 5.74) is 6.30. The van der Waals surface area contributed by atoms with Crippen LogP contribution in [-0.4, -0.2) is 42.5 Å². The Kier molecular flexibility index (Phi) is 6.09. The molecule has 0 aliphatic carbocycles. The molecule has 0 bridgehead atoms. The summed E-state index contributed by atoms with van der Waals surface area (Å²) in [5, 5.41) is 2.98. The number of nitrogens with one attached hydrogen (secondary N) is 1. The molecule has 0 saturated carbocycles. The van der Waals surface area contributed by atoms with Gasteiger partial charge in [0.1, 0.15) is 5.82 Å². The predicted molar refractivity (Wildman–Crippen MR) is 80.8 cm³/mol. The molecule has 1 heterocycles. The number of amides is 1. The van der Waals surface area contributed by atoms with Crippen molar-refractivity contribution in [2.24, 2.45) is 5.92 Å². The molecule has 20 heavy (non-hydrogen) atoms. The second-order valence-electron chi connectivity index (χ2n) is 5.06. The van der Waals surface area contributed by atoms with Crippen molar-refractivity contribution in [1.82, 2.24) is 9.88 Å². The van der Waals surface area contributed by atoms with E-state index in [0.717, 1.165) is 0 Å². The quantitative estimate of drug-likeness (QED) is 0.792. The third kappa shape index (κ3) is 4.95. The Hall–Kier alpha value is -1.98. The molecule has 0 fully saturated rings. The Bertz CT molecular complexity index is 449. The molecule has 0 aromatic carbocycles. The van der Waals surface area contributed by atoms with Gasteiger partial charge in [-0.3, -0.25) is 4.79 Å². The lowest BCUT2D eigenvalue weighted by Gasteiger charge is -2.15. The lowest BCUT2D eigenvalue weighted by atomic mass is 10.2. The number of nitrogens with two attached hydrogens (primary N) is 1. The van der Waals surface area contributed by atoms with E-state index in [1.165, 1.54) is 0 Å². The van der Waals surface area contributed by atoms with E-state index < -0.39 is 0 Å². The van der Waals surface area contributed by atoms with Crippen LogP contribution in [0, 0.1) is 5.92 Å². The first-order valence-electron chi connectivity index (χ1n) is 6.81. The molecule has 6 nitrogen and oxygen atoms in total. The number of likely N-dealkylation sites (N-methyl/N-ethyl adjacent to an activating group) is 1. The third-order valence-electron chi connectivity index (χ3n) is 2.76. The van der Waals surface area contributed by atoms with Crippen molar-refractivity contribution in [3.8, 4) is 5.88 Å².